The van der Waals surface area contributed by atoms with E-state index in [1.54, 1.807) is 20.8 Å². The van der Waals surface area contributed by atoms with Crippen LogP contribution in [0.2, 0.25) is 0 Å². The SMILES string of the molecule is C[C@H]1OC(C)(C)O[C@@H]1C(=O)Cl. The second-order valence-electron chi connectivity index (χ2n) is 3.07. The summed E-state index contributed by atoms with van der Waals surface area (Å²) >= 11 is 5.26. The van der Waals surface area contributed by atoms with Gasteiger partial charge in [-0.2, -0.15) is 0 Å². The second-order valence-corrected chi connectivity index (χ2v) is 3.44. The number of rotatable bonds is 1. The van der Waals surface area contributed by atoms with Crippen LogP contribution in [0.25, 0.3) is 0 Å². The molecule has 0 spiro atoms. The smallest absolute Gasteiger partial charge is 0.253 e. The lowest BCUT2D eigenvalue weighted by atomic mass is 10.2. The lowest BCUT2D eigenvalue weighted by Gasteiger charge is -2.15. The van der Waals surface area contributed by atoms with Gasteiger partial charge in [-0.25, -0.2) is 0 Å². The maximum Gasteiger partial charge on any atom is 0.253 e. The number of halogens is 1. The Morgan fingerprint density at radius 1 is 1.45 bits per heavy atom. The van der Waals surface area contributed by atoms with E-state index in [1.165, 1.54) is 0 Å². The van der Waals surface area contributed by atoms with Gasteiger partial charge in [-0.1, -0.05) is 0 Å². The Labute approximate surface area is 70.6 Å². The molecule has 0 aliphatic carbocycles. The van der Waals surface area contributed by atoms with Crippen LogP contribution in [-0.2, 0) is 14.3 Å². The third kappa shape index (κ3) is 1.92. The van der Waals surface area contributed by atoms with Gasteiger partial charge in [-0.3, -0.25) is 4.79 Å². The predicted octanol–water partition coefficient (Wildman–Crippen LogP) is 1.29. The highest BCUT2D eigenvalue weighted by atomic mass is 35.5. The predicted molar refractivity (Wildman–Crippen MR) is 40.4 cm³/mol. The van der Waals surface area contributed by atoms with Crippen molar-refractivity contribution in [1.29, 1.82) is 0 Å². The fourth-order valence-electron chi connectivity index (χ4n) is 1.17. The average Bonchev–Trinajstić information content (AvgIpc) is 2.05. The molecule has 1 aliphatic heterocycles. The molecule has 0 unspecified atom stereocenters. The lowest BCUT2D eigenvalue weighted by molar-refractivity contribution is -0.150. The van der Waals surface area contributed by atoms with Crippen molar-refractivity contribution in [2.45, 2.75) is 38.8 Å². The molecule has 3 nitrogen and oxygen atoms in total. The van der Waals surface area contributed by atoms with Crippen LogP contribution in [0.1, 0.15) is 20.8 Å². The Morgan fingerprint density at radius 3 is 2.18 bits per heavy atom. The Hall–Kier alpha value is -0.120. The lowest BCUT2D eigenvalue weighted by Crippen LogP contribution is -2.26. The fourth-order valence-corrected chi connectivity index (χ4v) is 1.39. The fraction of sp³-hybridized carbons (Fsp3) is 0.857. The van der Waals surface area contributed by atoms with E-state index in [-0.39, 0.29) is 6.10 Å². The first-order valence-electron chi connectivity index (χ1n) is 3.47. The first-order valence-corrected chi connectivity index (χ1v) is 3.85. The summed E-state index contributed by atoms with van der Waals surface area (Å²) in [6.45, 7) is 5.27. The summed E-state index contributed by atoms with van der Waals surface area (Å²) < 4.78 is 10.5. The molecule has 0 radical (unpaired) electrons. The van der Waals surface area contributed by atoms with Crippen molar-refractivity contribution in [2.24, 2.45) is 0 Å². The van der Waals surface area contributed by atoms with E-state index in [0.29, 0.717) is 0 Å². The minimum absolute atomic E-state index is 0.255. The van der Waals surface area contributed by atoms with E-state index in [1.807, 2.05) is 0 Å². The third-order valence-corrected chi connectivity index (χ3v) is 1.75. The van der Waals surface area contributed by atoms with Crippen molar-refractivity contribution < 1.29 is 14.3 Å². The summed E-state index contributed by atoms with van der Waals surface area (Å²) in [5, 5.41) is -0.497. The molecule has 2 atom stereocenters. The summed E-state index contributed by atoms with van der Waals surface area (Å²) in [4.78, 5) is 10.7. The minimum Gasteiger partial charge on any atom is -0.344 e. The maximum atomic E-state index is 10.7. The van der Waals surface area contributed by atoms with E-state index < -0.39 is 17.1 Å². The van der Waals surface area contributed by atoms with Crippen LogP contribution in [0.3, 0.4) is 0 Å². The second kappa shape index (κ2) is 2.73. The highest BCUT2D eigenvalue weighted by Gasteiger charge is 2.41. The maximum absolute atomic E-state index is 10.7. The third-order valence-electron chi connectivity index (χ3n) is 1.53. The molecule has 0 aromatic heterocycles. The number of carbonyl (C=O) groups excluding carboxylic acids is 1. The van der Waals surface area contributed by atoms with E-state index in [0.717, 1.165) is 0 Å². The summed E-state index contributed by atoms with van der Waals surface area (Å²) in [7, 11) is 0. The zero-order chi connectivity index (χ0) is 8.65. The molecule has 1 rings (SSSR count). The van der Waals surface area contributed by atoms with Crippen molar-refractivity contribution in [3.63, 3.8) is 0 Å². The molecule has 64 valence electrons. The van der Waals surface area contributed by atoms with E-state index in [2.05, 4.69) is 0 Å². The van der Waals surface area contributed by atoms with Crippen molar-refractivity contribution in [3.05, 3.63) is 0 Å². The van der Waals surface area contributed by atoms with Crippen LogP contribution in [0.5, 0.6) is 0 Å². The number of hydrogen-bond donors (Lipinski definition) is 0. The molecule has 0 saturated carbocycles. The number of ether oxygens (including phenoxy) is 2. The molecule has 1 aliphatic rings. The van der Waals surface area contributed by atoms with Gasteiger partial charge in [-0.15, -0.1) is 0 Å². The van der Waals surface area contributed by atoms with Crippen molar-refractivity contribution >= 4 is 16.8 Å². The quantitative estimate of drug-likeness (QED) is 0.568. The first kappa shape index (κ1) is 8.97. The zero-order valence-corrected chi connectivity index (χ0v) is 7.51. The standard InChI is InChI=1S/C7H11ClO3/c1-4-5(6(8)9)11-7(2,3)10-4/h4-5H,1-3H3/t4-,5+/m1/s1. The normalized spacial score (nSPS) is 35.6. The van der Waals surface area contributed by atoms with Gasteiger partial charge in [0.05, 0.1) is 6.10 Å². The molecule has 4 heteroatoms. The van der Waals surface area contributed by atoms with Crippen LogP contribution in [-0.4, -0.2) is 23.2 Å². The zero-order valence-electron chi connectivity index (χ0n) is 6.76. The minimum atomic E-state index is -0.686. The molecule has 0 N–H and O–H groups in total. The van der Waals surface area contributed by atoms with Gasteiger partial charge in [0.25, 0.3) is 5.24 Å². The molecule has 1 fully saturated rings. The molecular formula is C7H11ClO3. The molecule has 0 amide bonds. The molecule has 1 heterocycles. The largest absolute Gasteiger partial charge is 0.344 e. The monoisotopic (exact) mass is 178 g/mol. The van der Waals surface area contributed by atoms with Gasteiger partial charge >= 0.3 is 0 Å². The van der Waals surface area contributed by atoms with Crippen LogP contribution >= 0.6 is 11.6 Å². The van der Waals surface area contributed by atoms with E-state index >= 15 is 0 Å². The van der Waals surface area contributed by atoms with Crippen molar-refractivity contribution in [3.8, 4) is 0 Å². The van der Waals surface area contributed by atoms with Gasteiger partial charge in [0, 0.05) is 0 Å². The summed E-state index contributed by atoms with van der Waals surface area (Å²) in [6.07, 6.45) is -0.873. The van der Waals surface area contributed by atoms with Gasteiger partial charge in [0.1, 0.15) is 0 Å². The van der Waals surface area contributed by atoms with E-state index in [9.17, 15) is 4.79 Å². The topological polar surface area (TPSA) is 35.5 Å². The van der Waals surface area contributed by atoms with Gasteiger partial charge in [0.15, 0.2) is 11.9 Å². The van der Waals surface area contributed by atoms with Crippen LogP contribution in [0, 0.1) is 0 Å². The Kier molecular flexibility index (Phi) is 2.23. The first-order chi connectivity index (χ1) is 4.92. The van der Waals surface area contributed by atoms with E-state index in [4.69, 9.17) is 21.1 Å². The van der Waals surface area contributed by atoms with Crippen LogP contribution in [0.4, 0.5) is 0 Å². The molecular weight excluding hydrogens is 168 g/mol. The summed E-state index contributed by atoms with van der Waals surface area (Å²) in [6, 6.07) is 0. The Balaban J connectivity index is 2.66. The molecule has 0 aromatic rings. The highest BCUT2D eigenvalue weighted by Crippen LogP contribution is 2.28. The average molecular weight is 179 g/mol. The van der Waals surface area contributed by atoms with Crippen LogP contribution < -0.4 is 0 Å². The molecule has 11 heavy (non-hydrogen) atoms. The molecule has 1 saturated heterocycles. The summed E-state index contributed by atoms with van der Waals surface area (Å²) in [5.74, 6) is -0.686. The van der Waals surface area contributed by atoms with Crippen LogP contribution in [0.15, 0.2) is 0 Å². The van der Waals surface area contributed by atoms with Crippen molar-refractivity contribution in [1.82, 2.24) is 0 Å². The Morgan fingerprint density at radius 2 is 2.00 bits per heavy atom. The summed E-state index contributed by atoms with van der Waals surface area (Å²) in [5.41, 5.74) is 0. The van der Waals surface area contributed by atoms with Crippen molar-refractivity contribution in [2.75, 3.05) is 0 Å². The molecule has 0 aromatic carbocycles. The number of carbonyl (C=O) groups is 1. The van der Waals surface area contributed by atoms with Gasteiger partial charge in [-0.05, 0) is 32.4 Å². The highest BCUT2D eigenvalue weighted by molar-refractivity contribution is 6.64. The molecule has 0 bridgehead atoms. The number of hydrogen-bond acceptors (Lipinski definition) is 3. The Bertz CT molecular complexity index is 179. The van der Waals surface area contributed by atoms with Gasteiger partial charge in [0.2, 0.25) is 0 Å². The van der Waals surface area contributed by atoms with Gasteiger partial charge < -0.3 is 9.47 Å².